The average molecular weight is 300 g/mol. The Labute approximate surface area is 127 Å². The van der Waals surface area contributed by atoms with Crippen molar-refractivity contribution >= 4 is 23.4 Å². The van der Waals surface area contributed by atoms with Gasteiger partial charge in [0.05, 0.1) is 0 Å². The maximum Gasteiger partial charge on any atom is 0.253 e. The third-order valence-electron chi connectivity index (χ3n) is 2.90. The minimum absolute atomic E-state index is 0.325. The second-order valence-electron chi connectivity index (χ2n) is 4.60. The summed E-state index contributed by atoms with van der Waals surface area (Å²) in [5.41, 5.74) is 1.84. The fourth-order valence-electron chi connectivity index (χ4n) is 1.71. The second-order valence-corrected chi connectivity index (χ2v) is 5.69. The van der Waals surface area contributed by atoms with E-state index >= 15 is 0 Å². The van der Waals surface area contributed by atoms with Gasteiger partial charge in [0.2, 0.25) is 0 Å². The van der Waals surface area contributed by atoms with E-state index in [1.807, 2.05) is 49.4 Å². The SMILES string of the molecule is Cc1ccc(SCC(N=O)C(=O)Nc2ccccc2)cc1. The first-order valence-corrected chi connectivity index (χ1v) is 7.55. The molecule has 0 fully saturated rings. The maximum atomic E-state index is 12.0. The molecule has 0 bridgehead atoms. The largest absolute Gasteiger partial charge is 0.324 e. The highest BCUT2D eigenvalue weighted by Crippen LogP contribution is 2.20. The van der Waals surface area contributed by atoms with Gasteiger partial charge in [0.15, 0.2) is 6.04 Å². The standard InChI is InChI=1S/C16H16N2O2S/c1-12-7-9-14(10-8-12)21-11-15(18-20)16(19)17-13-5-3-2-4-6-13/h2-10,15H,11H2,1H3,(H,17,19). The number of nitrogens with one attached hydrogen (secondary N) is 1. The number of aryl methyl sites for hydroxylation is 1. The number of carbonyl (C=O) groups excluding carboxylic acids is 1. The molecule has 0 saturated heterocycles. The second kappa shape index (κ2) is 7.59. The summed E-state index contributed by atoms with van der Waals surface area (Å²) in [5, 5.41) is 5.63. The van der Waals surface area contributed by atoms with Crippen molar-refractivity contribution in [2.75, 3.05) is 11.1 Å². The van der Waals surface area contributed by atoms with E-state index in [1.54, 1.807) is 12.1 Å². The van der Waals surface area contributed by atoms with Gasteiger partial charge in [0, 0.05) is 16.3 Å². The molecule has 5 heteroatoms. The molecule has 108 valence electrons. The summed E-state index contributed by atoms with van der Waals surface area (Å²) in [7, 11) is 0. The number of para-hydroxylation sites is 1. The van der Waals surface area contributed by atoms with Gasteiger partial charge >= 0.3 is 0 Å². The zero-order valence-corrected chi connectivity index (χ0v) is 12.5. The van der Waals surface area contributed by atoms with Crippen LogP contribution in [0.4, 0.5) is 5.69 Å². The molecule has 2 aromatic rings. The summed E-state index contributed by atoms with van der Waals surface area (Å²) in [6.45, 7) is 2.01. The fourth-order valence-corrected chi connectivity index (χ4v) is 2.60. The van der Waals surface area contributed by atoms with E-state index in [0.717, 1.165) is 4.90 Å². The number of hydrogen-bond acceptors (Lipinski definition) is 4. The maximum absolute atomic E-state index is 12.0. The first-order valence-electron chi connectivity index (χ1n) is 6.57. The normalized spacial score (nSPS) is 11.7. The minimum Gasteiger partial charge on any atom is -0.324 e. The summed E-state index contributed by atoms with van der Waals surface area (Å²) >= 11 is 1.45. The van der Waals surface area contributed by atoms with Crippen LogP contribution in [0.15, 0.2) is 64.7 Å². The van der Waals surface area contributed by atoms with E-state index < -0.39 is 6.04 Å². The lowest BCUT2D eigenvalue weighted by Gasteiger charge is -2.10. The Kier molecular flexibility index (Phi) is 5.51. The van der Waals surface area contributed by atoms with Crippen molar-refractivity contribution in [2.45, 2.75) is 17.9 Å². The van der Waals surface area contributed by atoms with Gasteiger partial charge in [0.1, 0.15) is 0 Å². The van der Waals surface area contributed by atoms with Crippen LogP contribution in [-0.4, -0.2) is 17.7 Å². The molecule has 0 saturated carbocycles. The Morgan fingerprint density at radius 1 is 1.14 bits per heavy atom. The molecule has 0 spiro atoms. The van der Waals surface area contributed by atoms with Crippen LogP contribution in [-0.2, 0) is 4.79 Å². The van der Waals surface area contributed by atoms with Crippen LogP contribution in [0.2, 0.25) is 0 Å². The molecule has 2 aromatic carbocycles. The molecule has 0 aliphatic heterocycles. The highest BCUT2D eigenvalue weighted by atomic mass is 32.2. The summed E-state index contributed by atoms with van der Waals surface area (Å²) in [6.07, 6.45) is 0. The number of nitroso groups, excluding NO2 is 1. The van der Waals surface area contributed by atoms with Crippen molar-refractivity contribution in [2.24, 2.45) is 5.18 Å². The monoisotopic (exact) mass is 300 g/mol. The van der Waals surface area contributed by atoms with E-state index in [4.69, 9.17) is 0 Å². The van der Waals surface area contributed by atoms with Crippen molar-refractivity contribution in [3.8, 4) is 0 Å². The van der Waals surface area contributed by atoms with Gasteiger partial charge in [-0.2, -0.15) is 0 Å². The van der Waals surface area contributed by atoms with Crippen LogP contribution < -0.4 is 5.32 Å². The number of anilines is 1. The van der Waals surface area contributed by atoms with Crippen molar-refractivity contribution in [1.29, 1.82) is 0 Å². The van der Waals surface area contributed by atoms with Gasteiger partial charge in [-0.05, 0) is 31.2 Å². The van der Waals surface area contributed by atoms with E-state index in [-0.39, 0.29) is 5.91 Å². The van der Waals surface area contributed by atoms with Crippen LogP contribution in [0.5, 0.6) is 0 Å². The number of thioether (sulfide) groups is 1. The quantitative estimate of drug-likeness (QED) is 0.651. The molecule has 1 amide bonds. The van der Waals surface area contributed by atoms with Crippen LogP contribution in [0.3, 0.4) is 0 Å². The predicted molar refractivity (Wildman–Crippen MR) is 86.6 cm³/mol. The highest BCUT2D eigenvalue weighted by Gasteiger charge is 2.19. The molecule has 0 aliphatic rings. The van der Waals surface area contributed by atoms with Crippen LogP contribution >= 0.6 is 11.8 Å². The van der Waals surface area contributed by atoms with Gasteiger partial charge in [-0.25, -0.2) is 0 Å². The minimum atomic E-state index is -0.906. The fraction of sp³-hybridized carbons (Fsp3) is 0.188. The van der Waals surface area contributed by atoms with Gasteiger partial charge in [-0.3, -0.25) is 4.79 Å². The third-order valence-corrected chi connectivity index (χ3v) is 3.99. The van der Waals surface area contributed by atoms with Crippen LogP contribution in [0.25, 0.3) is 0 Å². The predicted octanol–water partition coefficient (Wildman–Crippen LogP) is 3.86. The van der Waals surface area contributed by atoms with Crippen molar-refractivity contribution in [3.63, 3.8) is 0 Å². The highest BCUT2D eigenvalue weighted by molar-refractivity contribution is 7.99. The van der Waals surface area contributed by atoms with E-state index in [2.05, 4.69) is 10.5 Å². The molecular formula is C16H16N2O2S. The zero-order valence-electron chi connectivity index (χ0n) is 11.7. The summed E-state index contributed by atoms with van der Waals surface area (Å²) < 4.78 is 0. The topological polar surface area (TPSA) is 58.5 Å². The molecule has 0 aliphatic carbocycles. The van der Waals surface area contributed by atoms with Crippen LogP contribution in [0.1, 0.15) is 5.56 Å². The molecule has 4 nitrogen and oxygen atoms in total. The Morgan fingerprint density at radius 2 is 1.81 bits per heavy atom. The van der Waals surface area contributed by atoms with E-state index in [1.165, 1.54) is 17.3 Å². The lowest BCUT2D eigenvalue weighted by Crippen LogP contribution is -2.27. The lowest BCUT2D eigenvalue weighted by molar-refractivity contribution is -0.116. The van der Waals surface area contributed by atoms with Crippen molar-refractivity contribution in [3.05, 3.63) is 65.1 Å². The Balaban J connectivity index is 1.91. The van der Waals surface area contributed by atoms with Crippen molar-refractivity contribution < 1.29 is 4.79 Å². The summed E-state index contributed by atoms with van der Waals surface area (Å²) in [6, 6.07) is 16.1. The average Bonchev–Trinajstić information content (AvgIpc) is 2.51. The molecule has 0 heterocycles. The number of carbonyl (C=O) groups is 1. The zero-order chi connectivity index (χ0) is 15.1. The van der Waals surface area contributed by atoms with E-state index in [0.29, 0.717) is 11.4 Å². The molecule has 21 heavy (non-hydrogen) atoms. The number of rotatable bonds is 6. The molecule has 0 aromatic heterocycles. The van der Waals surface area contributed by atoms with Gasteiger partial charge in [-0.1, -0.05) is 41.1 Å². The number of benzene rings is 2. The Bertz CT molecular complexity index is 599. The Morgan fingerprint density at radius 3 is 2.43 bits per heavy atom. The number of hydrogen-bond donors (Lipinski definition) is 1. The summed E-state index contributed by atoms with van der Waals surface area (Å²) in [5.74, 6) is -0.0542. The molecule has 0 radical (unpaired) electrons. The van der Waals surface area contributed by atoms with Crippen LogP contribution in [0, 0.1) is 11.8 Å². The third kappa shape index (κ3) is 4.72. The molecule has 1 atom stereocenters. The summed E-state index contributed by atoms with van der Waals surface area (Å²) in [4.78, 5) is 23.9. The molecular weight excluding hydrogens is 284 g/mol. The first kappa shape index (κ1) is 15.3. The van der Waals surface area contributed by atoms with Gasteiger partial charge in [-0.15, -0.1) is 16.7 Å². The Hall–Kier alpha value is -2.14. The molecule has 1 N–H and O–H groups in total. The molecule has 2 rings (SSSR count). The number of amides is 1. The van der Waals surface area contributed by atoms with E-state index in [9.17, 15) is 9.70 Å². The number of nitrogens with zero attached hydrogens (tertiary/aromatic N) is 1. The lowest BCUT2D eigenvalue weighted by atomic mass is 10.2. The van der Waals surface area contributed by atoms with Gasteiger partial charge in [0.25, 0.3) is 5.91 Å². The molecule has 1 unspecified atom stereocenters. The smallest absolute Gasteiger partial charge is 0.253 e. The van der Waals surface area contributed by atoms with Gasteiger partial charge < -0.3 is 5.32 Å². The first-order chi connectivity index (χ1) is 10.2. The van der Waals surface area contributed by atoms with Crippen molar-refractivity contribution in [1.82, 2.24) is 0 Å².